The lowest BCUT2D eigenvalue weighted by atomic mass is 9.94. The van der Waals surface area contributed by atoms with Crippen molar-refractivity contribution in [3.05, 3.63) is 0 Å². The predicted octanol–water partition coefficient (Wildman–Crippen LogP) is 3.96. The van der Waals surface area contributed by atoms with Crippen molar-refractivity contribution in [1.82, 2.24) is 0 Å². The second-order valence-electron chi connectivity index (χ2n) is 7.10. The van der Waals surface area contributed by atoms with Crippen molar-refractivity contribution in [3.8, 4) is 0 Å². The van der Waals surface area contributed by atoms with Crippen LogP contribution in [0.4, 0.5) is 0 Å². The molecule has 0 aromatic heterocycles. The molecule has 0 radical (unpaired) electrons. The number of sulfone groups is 1. The van der Waals surface area contributed by atoms with Gasteiger partial charge < -0.3 is 0 Å². The normalized spacial score (nSPS) is 14.0. The van der Waals surface area contributed by atoms with Crippen LogP contribution in [0.3, 0.4) is 0 Å². The van der Waals surface area contributed by atoms with Crippen LogP contribution in [0.25, 0.3) is 0 Å². The number of hydrogen-bond donors (Lipinski definition) is 0. The smallest absolute Gasteiger partial charge is 0.159 e. The Balaban J connectivity index is 3.88. The van der Waals surface area contributed by atoms with Gasteiger partial charge in [-0.25, -0.2) is 8.42 Å². The Kier molecular flexibility index (Phi) is 6.58. The summed E-state index contributed by atoms with van der Waals surface area (Å²) in [5.74, 6) is 1.25. The van der Waals surface area contributed by atoms with Gasteiger partial charge in [-0.1, -0.05) is 41.5 Å². The van der Waals surface area contributed by atoms with E-state index < -0.39 is 9.84 Å². The molecule has 0 aliphatic heterocycles. The average molecular weight is 280 g/mol. The Hall–Kier alpha value is 0.300. The molecule has 104 valence electrons. The van der Waals surface area contributed by atoms with E-state index in [2.05, 4.69) is 41.5 Å². The van der Waals surface area contributed by atoms with Gasteiger partial charge >= 0.3 is 0 Å². The molecule has 0 heterocycles. The predicted molar refractivity (Wildman–Crippen MR) is 79.3 cm³/mol. The van der Waals surface area contributed by atoms with Gasteiger partial charge in [0.2, 0.25) is 0 Å². The zero-order chi connectivity index (χ0) is 13.7. The molecule has 0 aliphatic carbocycles. The van der Waals surface area contributed by atoms with Crippen molar-refractivity contribution in [3.63, 3.8) is 0 Å². The molecule has 0 N–H and O–H groups in total. The largest absolute Gasteiger partial charge is 0.228 e. The van der Waals surface area contributed by atoms with E-state index in [-0.39, 0.29) is 10.5 Å². The van der Waals surface area contributed by atoms with Gasteiger partial charge in [0.25, 0.3) is 0 Å². The molecule has 2 nitrogen and oxygen atoms in total. The van der Waals surface area contributed by atoms with Gasteiger partial charge in [0.15, 0.2) is 9.84 Å². The fraction of sp³-hybridized carbons (Fsp3) is 1.00. The van der Waals surface area contributed by atoms with Crippen LogP contribution in [0.5, 0.6) is 0 Å². The first kappa shape index (κ1) is 17.3. The molecule has 0 bridgehead atoms. The maximum atomic E-state index is 11.8. The van der Waals surface area contributed by atoms with Crippen LogP contribution in [0.1, 0.15) is 54.4 Å². The minimum absolute atomic E-state index is 0.100. The van der Waals surface area contributed by atoms with Crippen molar-refractivity contribution in [2.45, 2.75) is 54.4 Å². The molecule has 0 aromatic rings. The van der Waals surface area contributed by atoms with Gasteiger partial charge in [-0.15, -0.1) is 11.8 Å². The molecule has 0 atom stereocenters. The average Bonchev–Trinajstić information content (AvgIpc) is 2.07. The van der Waals surface area contributed by atoms with Crippen LogP contribution >= 0.6 is 11.8 Å². The van der Waals surface area contributed by atoms with Crippen LogP contribution < -0.4 is 0 Å². The molecule has 17 heavy (non-hydrogen) atoms. The van der Waals surface area contributed by atoms with Gasteiger partial charge in [-0.3, -0.25) is 0 Å². The van der Waals surface area contributed by atoms with Gasteiger partial charge in [0, 0.05) is 0 Å². The van der Waals surface area contributed by atoms with E-state index >= 15 is 0 Å². The van der Waals surface area contributed by atoms with Crippen LogP contribution in [-0.2, 0) is 9.84 Å². The lowest BCUT2D eigenvalue weighted by Gasteiger charge is -2.18. The highest BCUT2D eigenvalue weighted by atomic mass is 32.3. The molecule has 0 rings (SSSR count). The third kappa shape index (κ3) is 12.5. The zero-order valence-corrected chi connectivity index (χ0v) is 13.8. The van der Waals surface area contributed by atoms with Crippen LogP contribution in [-0.4, -0.2) is 25.0 Å². The molecule has 4 heteroatoms. The van der Waals surface area contributed by atoms with Crippen molar-refractivity contribution >= 4 is 21.6 Å². The topological polar surface area (TPSA) is 34.1 Å². The Labute approximate surface area is 112 Å². The Morgan fingerprint density at radius 3 is 1.76 bits per heavy atom. The second-order valence-corrected chi connectivity index (χ2v) is 10.7. The number of rotatable bonds is 6. The van der Waals surface area contributed by atoms with Crippen molar-refractivity contribution in [2.75, 3.05) is 16.6 Å². The maximum Gasteiger partial charge on any atom is 0.159 e. The summed E-state index contributed by atoms with van der Waals surface area (Å²) in [7, 11) is -2.87. The van der Waals surface area contributed by atoms with E-state index in [1.807, 2.05) is 0 Å². The highest BCUT2D eigenvalue weighted by Crippen LogP contribution is 2.23. The monoisotopic (exact) mass is 280 g/mol. The highest BCUT2D eigenvalue weighted by molar-refractivity contribution is 8.12. The molecule has 0 unspecified atom stereocenters. The van der Waals surface area contributed by atoms with Crippen molar-refractivity contribution < 1.29 is 8.42 Å². The van der Waals surface area contributed by atoms with E-state index in [0.717, 1.165) is 18.6 Å². The summed E-state index contributed by atoms with van der Waals surface area (Å²) in [6.45, 7) is 12.8. The Morgan fingerprint density at radius 2 is 1.35 bits per heavy atom. The number of thioether (sulfide) groups is 1. The summed E-state index contributed by atoms with van der Waals surface area (Å²) in [6, 6.07) is 0. The first-order chi connectivity index (χ1) is 7.41. The van der Waals surface area contributed by atoms with E-state index in [0.29, 0.717) is 11.2 Å². The molecular formula is C13H28O2S2. The Bertz CT molecular complexity index is 305. The minimum atomic E-state index is -2.87. The van der Waals surface area contributed by atoms with Crippen LogP contribution in [0.15, 0.2) is 0 Å². The third-order valence-corrected chi connectivity index (χ3v) is 5.84. The lowest BCUT2D eigenvalue weighted by molar-refractivity contribution is 0.397. The summed E-state index contributed by atoms with van der Waals surface area (Å²) >= 11 is 1.55. The lowest BCUT2D eigenvalue weighted by Crippen LogP contribution is -2.16. The Morgan fingerprint density at radius 1 is 0.882 bits per heavy atom. The van der Waals surface area contributed by atoms with E-state index in [1.165, 1.54) is 0 Å². The first-order valence-corrected chi connectivity index (χ1v) is 9.17. The van der Waals surface area contributed by atoms with Crippen molar-refractivity contribution in [1.29, 1.82) is 0 Å². The van der Waals surface area contributed by atoms with Crippen LogP contribution in [0, 0.1) is 10.8 Å². The summed E-state index contributed by atoms with van der Waals surface area (Å²) in [4.78, 5) is 0. The summed E-state index contributed by atoms with van der Waals surface area (Å²) in [6.07, 6.45) is 1.81. The minimum Gasteiger partial charge on any atom is -0.228 e. The van der Waals surface area contributed by atoms with Gasteiger partial charge in [0.1, 0.15) is 0 Å². The molecule has 0 saturated heterocycles. The van der Waals surface area contributed by atoms with E-state index in [4.69, 9.17) is 0 Å². The summed E-state index contributed by atoms with van der Waals surface area (Å²) in [5, 5.41) is 0.277. The molecule has 0 aliphatic rings. The fourth-order valence-corrected chi connectivity index (χ4v) is 4.72. The quantitative estimate of drug-likeness (QED) is 0.691. The summed E-state index contributed by atoms with van der Waals surface area (Å²) < 4.78 is 23.6. The standard InChI is InChI=1S/C13H28O2S2/c1-12(2,3)7-9-16-11-17(14,15)10-8-13(4,5)6/h7-11H2,1-6H3. The number of hydrogen-bond acceptors (Lipinski definition) is 3. The van der Waals surface area contributed by atoms with Gasteiger partial charge in [-0.05, 0) is 29.4 Å². The summed E-state index contributed by atoms with van der Waals surface area (Å²) in [5.41, 5.74) is 0.394. The van der Waals surface area contributed by atoms with E-state index in [9.17, 15) is 8.42 Å². The second kappa shape index (κ2) is 6.46. The van der Waals surface area contributed by atoms with Gasteiger partial charge in [-0.2, -0.15) is 0 Å². The molecule has 0 aromatic carbocycles. The zero-order valence-electron chi connectivity index (χ0n) is 12.2. The highest BCUT2D eigenvalue weighted by Gasteiger charge is 2.18. The fourth-order valence-electron chi connectivity index (χ4n) is 1.08. The van der Waals surface area contributed by atoms with E-state index in [1.54, 1.807) is 11.8 Å². The third-order valence-electron chi connectivity index (χ3n) is 2.42. The molecule has 0 amide bonds. The molecule has 0 spiro atoms. The maximum absolute atomic E-state index is 11.8. The first-order valence-electron chi connectivity index (χ1n) is 6.20. The molecule has 0 saturated carbocycles. The van der Waals surface area contributed by atoms with Crippen molar-refractivity contribution in [2.24, 2.45) is 10.8 Å². The van der Waals surface area contributed by atoms with Crippen LogP contribution in [0.2, 0.25) is 0 Å². The molecular weight excluding hydrogens is 252 g/mol. The molecule has 0 fully saturated rings. The SMILES string of the molecule is CC(C)(C)CCSCS(=O)(=O)CCC(C)(C)C. The van der Waals surface area contributed by atoms with Gasteiger partial charge in [0.05, 0.1) is 10.8 Å².